The van der Waals surface area contributed by atoms with Crippen LogP contribution in [0.5, 0.6) is 0 Å². The van der Waals surface area contributed by atoms with Crippen molar-refractivity contribution in [2.45, 2.75) is 18.1 Å². The first-order chi connectivity index (χ1) is 13.7. The van der Waals surface area contributed by atoms with Gasteiger partial charge in [0.1, 0.15) is 4.70 Å². The summed E-state index contributed by atoms with van der Waals surface area (Å²) in [6.45, 7) is 0.514. The van der Waals surface area contributed by atoms with Crippen molar-refractivity contribution in [1.82, 2.24) is 14.5 Å². The van der Waals surface area contributed by atoms with E-state index in [4.69, 9.17) is 0 Å². The topological polar surface area (TPSA) is 76.9 Å². The quantitative estimate of drug-likeness (QED) is 0.357. The number of rotatable bonds is 7. The van der Waals surface area contributed by atoms with Gasteiger partial charge in [-0.05, 0) is 23.4 Å². The molecule has 4 rings (SSSR count). The van der Waals surface area contributed by atoms with E-state index in [1.807, 2.05) is 41.8 Å². The molecule has 1 N–H and O–H groups in total. The lowest BCUT2D eigenvalue weighted by atomic mass is 10.1. The summed E-state index contributed by atoms with van der Waals surface area (Å²) in [5, 5.41) is 7.54. The van der Waals surface area contributed by atoms with Crippen LogP contribution in [0, 0.1) is 0 Å². The molecule has 0 aliphatic rings. The van der Waals surface area contributed by atoms with Crippen LogP contribution in [0.1, 0.15) is 5.56 Å². The van der Waals surface area contributed by atoms with Crippen molar-refractivity contribution in [3.05, 3.63) is 69.3 Å². The van der Waals surface area contributed by atoms with E-state index in [-0.39, 0.29) is 17.2 Å². The first kappa shape index (κ1) is 18.9. The molecule has 1 aromatic carbocycles. The molecule has 0 bridgehead atoms. The molecule has 0 unspecified atom stereocenters. The Hall–Kier alpha value is -2.49. The molecule has 1 amide bonds. The highest BCUT2D eigenvalue weighted by Crippen LogP contribution is 2.22. The van der Waals surface area contributed by atoms with Gasteiger partial charge in [0, 0.05) is 18.1 Å². The van der Waals surface area contributed by atoms with Gasteiger partial charge in [-0.3, -0.25) is 14.2 Å². The number of benzene rings is 1. The number of carbonyl (C=O) groups is 1. The number of aryl methyl sites for hydroxylation is 1. The molecule has 9 heteroatoms. The number of hydrogen-bond donors (Lipinski definition) is 1. The fourth-order valence-corrected chi connectivity index (χ4v) is 4.84. The molecule has 0 atom stereocenters. The van der Waals surface area contributed by atoms with Gasteiger partial charge in [0.15, 0.2) is 10.3 Å². The third-order valence-electron chi connectivity index (χ3n) is 4.01. The van der Waals surface area contributed by atoms with Crippen LogP contribution < -0.4 is 10.9 Å². The third kappa shape index (κ3) is 4.32. The van der Waals surface area contributed by atoms with E-state index in [9.17, 15) is 9.59 Å². The number of anilines is 1. The number of carbonyl (C=O) groups excluding carboxylic acids is 1. The summed E-state index contributed by atoms with van der Waals surface area (Å²) in [5.74, 6) is -0.0123. The summed E-state index contributed by atoms with van der Waals surface area (Å²) >= 11 is 4.03. The lowest BCUT2D eigenvalue weighted by Crippen LogP contribution is -2.24. The first-order valence-corrected chi connectivity index (χ1v) is 11.3. The zero-order chi connectivity index (χ0) is 19.3. The molecule has 4 aromatic rings. The lowest BCUT2D eigenvalue weighted by Gasteiger charge is -2.12. The van der Waals surface area contributed by atoms with Crippen molar-refractivity contribution in [2.24, 2.45) is 0 Å². The predicted molar refractivity (Wildman–Crippen MR) is 115 cm³/mol. The molecular weight excluding hydrogens is 412 g/mol. The zero-order valence-corrected chi connectivity index (χ0v) is 17.1. The molecule has 0 spiro atoms. The highest BCUT2D eigenvalue weighted by molar-refractivity contribution is 7.99. The Morgan fingerprint density at radius 2 is 2.00 bits per heavy atom. The van der Waals surface area contributed by atoms with E-state index < -0.39 is 0 Å². The fourth-order valence-electron chi connectivity index (χ4n) is 2.69. The molecule has 6 nitrogen and oxygen atoms in total. The number of thiazole rings is 1. The largest absolute Gasteiger partial charge is 0.301 e. The minimum absolute atomic E-state index is 0.0567. The number of nitrogens with zero attached hydrogens (tertiary/aromatic N) is 3. The normalized spacial score (nSPS) is 11.0. The second-order valence-electron chi connectivity index (χ2n) is 5.90. The smallest absolute Gasteiger partial charge is 0.272 e. The van der Waals surface area contributed by atoms with Gasteiger partial charge in [0.25, 0.3) is 5.56 Å². The van der Waals surface area contributed by atoms with Crippen LogP contribution in [-0.4, -0.2) is 26.2 Å². The zero-order valence-electron chi connectivity index (χ0n) is 14.7. The van der Waals surface area contributed by atoms with Crippen LogP contribution in [0.25, 0.3) is 10.2 Å². The number of amides is 1. The molecular formula is C19H16N4O2S3. The van der Waals surface area contributed by atoms with E-state index in [1.165, 1.54) is 34.4 Å². The molecule has 28 heavy (non-hydrogen) atoms. The number of fused-ring (bicyclic) bond motifs is 1. The molecule has 142 valence electrons. The number of aromatic nitrogens is 3. The SMILES string of the molecule is O=C(CSc1nc2ccsc2c(=O)n1CCc1ccccc1)Nc1nccs1. The summed E-state index contributed by atoms with van der Waals surface area (Å²) in [6.07, 6.45) is 2.36. The van der Waals surface area contributed by atoms with Gasteiger partial charge in [-0.2, -0.15) is 0 Å². The minimum atomic E-state index is -0.172. The van der Waals surface area contributed by atoms with E-state index >= 15 is 0 Å². The summed E-state index contributed by atoms with van der Waals surface area (Å²) in [4.78, 5) is 33.8. The molecule has 0 fully saturated rings. The van der Waals surface area contributed by atoms with Gasteiger partial charge in [-0.25, -0.2) is 9.97 Å². The Kier molecular flexibility index (Phi) is 5.84. The Labute approximate surface area is 173 Å². The van der Waals surface area contributed by atoms with Crippen molar-refractivity contribution >= 4 is 55.7 Å². The molecule has 0 saturated heterocycles. The van der Waals surface area contributed by atoms with E-state index in [0.29, 0.717) is 27.0 Å². The van der Waals surface area contributed by atoms with Crippen LogP contribution in [0.2, 0.25) is 0 Å². The maximum absolute atomic E-state index is 12.9. The molecule has 3 heterocycles. The monoisotopic (exact) mass is 428 g/mol. The number of hydrogen-bond acceptors (Lipinski definition) is 7. The van der Waals surface area contributed by atoms with Crippen molar-refractivity contribution < 1.29 is 4.79 Å². The molecule has 0 saturated carbocycles. The van der Waals surface area contributed by atoms with Crippen LogP contribution in [0.3, 0.4) is 0 Å². The van der Waals surface area contributed by atoms with Crippen molar-refractivity contribution in [3.8, 4) is 0 Å². The average molecular weight is 429 g/mol. The predicted octanol–water partition coefficient (Wildman–Crippen LogP) is 3.89. The fraction of sp³-hybridized carbons (Fsp3) is 0.158. The summed E-state index contributed by atoms with van der Waals surface area (Å²) < 4.78 is 2.32. The van der Waals surface area contributed by atoms with Gasteiger partial charge in [-0.15, -0.1) is 22.7 Å². The highest BCUT2D eigenvalue weighted by atomic mass is 32.2. The van der Waals surface area contributed by atoms with Crippen LogP contribution in [0.15, 0.2) is 63.3 Å². The molecule has 0 aliphatic carbocycles. The lowest BCUT2D eigenvalue weighted by molar-refractivity contribution is -0.113. The summed E-state index contributed by atoms with van der Waals surface area (Å²) in [6, 6.07) is 11.8. The number of thiophene rings is 1. The van der Waals surface area contributed by atoms with Gasteiger partial charge in [-0.1, -0.05) is 42.1 Å². The first-order valence-electron chi connectivity index (χ1n) is 8.55. The van der Waals surface area contributed by atoms with E-state index in [1.54, 1.807) is 16.1 Å². The second kappa shape index (κ2) is 8.68. The van der Waals surface area contributed by atoms with E-state index in [0.717, 1.165) is 12.0 Å². The standard InChI is InChI=1S/C19H16N4O2S3/c24-15(22-18-20-8-11-27-18)12-28-19-21-14-7-10-26-16(14)17(25)23(19)9-6-13-4-2-1-3-5-13/h1-5,7-8,10-11H,6,9,12H2,(H,20,22,24). The van der Waals surface area contributed by atoms with Crippen LogP contribution in [-0.2, 0) is 17.8 Å². The third-order valence-corrected chi connectivity index (χ3v) is 6.57. The maximum atomic E-state index is 12.9. The molecule has 3 aromatic heterocycles. The Morgan fingerprint density at radius 3 is 2.79 bits per heavy atom. The minimum Gasteiger partial charge on any atom is -0.301 e. The second-order valence-corrected chi connectivity index (χ2v) is 8.65. The Morgan fingerprint density at radius 1 is 1.14 bits per heavy atom. The van der Waals surface area contributed by atoms with Crippen LogP contribution in [0.4, 0.5) is 5.13 Å². The average Bonchev–Trinajstić information content (AvgIpc) is 3.38. The van der Waals surface area contributed by atoms with Crippen molar-refractivity contribution in [1.29, 1.82) is 0 Å². The Balaban J connectivity index is 1.55. The maximum Gasteiger partial charge on any atom is 0.272 e. The van der Waals surface area contributed by atoms with Gasteiger partial charge in [0.05, 0.1) is 11.3 Å². The van der Waals surface area contributed by atoms with Crippen molar-refractivity contribution in [3.63, 3.8) is 0 Å². The van der Waals surface area contributed by atoms with Crippen molar-refractivity contribution in [2.75, 3.05) is 11.1 Å². The summed E-state index contributed by atoms with van der Waals surface area (Å²) in [5.41, 5.74) is 1.77. The number of thioether (sulfide) groups is 1. The number of nitrogens with one attached hydrogen (secondary N) is 1. The summed E-state index contributed by atoms with van der Waals surface area (Å²) in [7, 11) is 0. The van der Waals surface area contributed by atoms with Gasteiger partial charge < -0.3 is 5.32 Å². The van der Waals surface area contributed by atoms with Crippen LogP contribution >= 0.6 is 34.4 Å². The van der Waals surface area contributed by atoms with Gasteiger partial charge >= 0.3 is 0 Å². The molecule has 0 radical (unpaired) electrons. The van der Waals surface area contributed by atoms with Gasteiger partial charge in [0.2, 0.25) is 5.91 Å². The highest BCUT2D eigenvalue weighted by Gasteiger charge is 2.14. The van der Waals surface area contributed by atoms with E-state index in [2.05, 4.69) is 15.3 Å². The Bertz CT molecular complexity index is 1140. The molecule has 0 aliphatic heterocycles.